The number of carbonyl (C=O) groups excluding carboxylic acids is 1. The summed E-state index contributed by atoms with van der Waals surface area (Å²) in [5, 5.41) is 12.0. The number of carbonyl (C=O) groups is 1. The number of fused-ring (bicyclic) bond motifs is 1. The summed E-state index contributed by atoms with van der Waals surface area (Å²) < 4.78 is 11.6. The monoisotopic (exact) mass is 297 g/mol. The fourth-order valence-corrected chi connectivity index (χ4v) is 1.86. The second-order valence-corrected chi connectivity index (χ2v) is 5.78. The number of anilines is 1. The number of hydrogen-bond donors (Lipinski definition) is 2. The molecule has 1 aromatic heterocycles. The number of nitrogens with zero attached hydrogens (tertiary/aromatic N) is 2. The van der Waals surface area contributed by atoms with Crippen LogP contribution in [0.25, 0.3) is 0 Å². The van der Waals surface area contributed by atoms with Gasteiger partial charge in [-0.15, -0.1) is 0 Å². The van der Waals surface area contributed by atoms with Gasteiger partial charge in [-0.2, -0.15) is 0 Å². The highest BCUT2D eigenvalue weighted by molar-refractivity contribution is 5.70. The zero-order valence-corrected chi connectivity index (χ0v) is 12.3. The lowest BCUT2D eigenvalue weighted by atomic mass is 10.2. The van der Waals surface area contributed by atoms with E-state index in [1.165, 1.54) is 6.33 Å². The molecule has 2 N–H and O–H groups in total. The van der Waals surface area contributed by atoms with Crippen molar-refractivity contribution in [2.45, 2.75) is 39.0 Å². The molecule has 1 aliphatic heterocycles. The smallest absolute Gasteiger partial charge is 0.326 e. The first kappa shape index (κ1) is 15.3. The first-order valence-corrected chi connectivity index (χ1v) is 6.61. The maximum absolute atomic E-state index is 12.3. The highest BCUT2D eigenvalue weighted by Crippen LogP contribution is 2.21. The zero-order valence-electron chi connectivity index (χ0n) is 12.3. The molecule has 0 radical (unpaired) electrons. The van der Waals surface area contributed by atoms with Crippen LogP contribution >= 0.6 is 0 Å². The molecule has 116 valence electrons. The van der Waals surface area contributed by atoms with Crippen LogP contribution in [0.1, 0.15) is 20.8 Å². The lowest BCUT2D eigenvalue weighted by Gasteiger charge is -2.25. The number of aliphatic hydroxyl groups excluding tert-OH is 1. The van der Waals surface area contributed by atoms with Crippen molar-refractivity contribution in [1.29, 1.82) is 0 Å². The quantitative estimate of drug-likeness (QED) is 0.742. The molecule has 0 bridgehead atoms. The van der Waals surface area contributed by atoms with Crippen LogP contribution in [0, 0.1) is 0 Å². The second kappa shape index (κ2) is 5.72. The van der Waals surface area contributed by atoms with E-state index in [2.05, 4.69) is 10.3 Å². The first-order chi connectivity index (χ1) is 9.80. The molecule has 1 atom stereocenters. The molecule has 0 aromatic carbocycles. The van der Waals surface area contributed by atoms with Crippen molar-refractivity contribution in [2.24, 2.45) is 0 Å². The van der Waals surface area contributed by atoms with Crippen molar-refractivity contribution in [3.8, 4) is 5.88 Å². The molecular weight excluding hydrogens is 278 g/mol. The van der Waals surface area contributed by atoms with Gasteiger partial charge in [0, 0.05) is 0 Å². The van der Waals surface area contributed by atoms with E-state index in [0.29, 0.717) is 0 Å². The zero-order chi connectivity index (χ0) is 15.6. The van der Waals surface area contributed by atoms with E-state index in [1.807, 2.05) is 0 Å². The standard InChI is InChI=1S/C13H19N3O5/c1-13(2,3)21-9(18)4-16-7-14-11-10(12(16)19)15-8(5-17)6-20-11/h7-8,15,17H,4-6H2,1-3H3/t8-/m1/s1. The van der Waals surface area contributed by atoms with E-state index in [9.17, 15) is 9.59 Å². The summed E-state index contributed by atoms with van der Waals surface area (Å²) in [6.07, 6.45) is 1.24. The van der Waals surface area contributed by atoms with Gasteiger partial charge in [0.2, 0.25) is 5.88 Å². The maximum Gasteiger partial charge on any atom is 0.326 e. The Kier molecular flexibility index (Phi) is 4.17. The molecule has 0 spiro atoms. The highest BCUT2D eigenvalue weighted by atomic mass is 16.6. The van der Waals surface area contributed by atoms with Gasteiger partial charge in [-0.1, -0.05) is 0 Å². The topological polar surface area (TPSA) is 103 Å². The van der Waals surface area contributed by atoms with E-state index in [1.54, 1.807) is 20.8 Å². The van der Waals surface area contributed by atoms with Crippen molar-refractivity contribution in [3.63, 3.8) is 0 Å². The Morgan fingerprint density at radius 1 is 1.62 bits per heavy atom. The van der Waals surface area contributed by atoms with Crippen LogP contribution in [0.15, 0.2) is 11.1 Å². The van der Waals surface area contributed by atoms with Gasteiger partial charge >= 0.3 is 5.97 Å². The Morgan fingerprint density at radius 2 is 2.33 bits per heavy atom. The van der Waals surface area contributed by atoms with E-state index >= 15 is 0 Å². The molecule has 0 fully saturated rings. The van der Waals surface area contributed by atoms with Gasteiger partial charge in [-0.25, -0.2) is 4.98 Å². The Morgan fingerprint density at radius 3 is 2.95 bits per heavy atom. The fourth-order valence-electron chi connectivity index (χ4n) is 1.86. The van der Waals surface area contributed by atoms with Gasteiger partial charge in [0.1, 0.15) is 25.1 Å². The number of nitrogens with one attached hydrogen (secondary N) is 1. The van der Waals surface area contributed by atoms with Gasteiger partial charge in [-0.3, -0.25) is 14.2 Å². The fraction of sp³-hybridized carbons (Fsp3) is 0.615. The molecule has 1 aromatic rings. The summed E-state index contributed by atoms with van der Waals surface area (Å²) in [7, 11) is 0. The van der Waals surface area contributed by atoms with Gasteiger partial charge in [0.05, 0.1) is 12.6 Å². The highest BCUT2D eigenvalue weighted by Gasteiger charge is 2.24. The average molecular weight is 297 g/mol. The minimum atomic E-state index is -0.619. The number of aliphatic hydroxyl groups is 1. The van der Waals surface area contributed by atoms with Crippen molar-refractivity contribution in [1.82, 2.24) is 9.55 Å². The summed E-state index contributed by atoms with van der Waals surface area (Å²) in [5.41, 5.74) is -0.915. The lowest BCUT2D eigenvalue weighted by Crippen LogP contribution is -2.40. The van der Waals surface area contributed by atoms with Gasteiger partial charge in [0.25, 0.3) is 5.56 Å². The third-order valence-electron chi connectivity index (χ3n) is 2.71. The van der Waals surface area contributed by atoms with Crippen LogP contribution in [-0.4, -0.2) is 45.5 Å². The first-order valence-electron chi connectivity index (χ1n) is 6.61. The molecule has 0 aliphatic carbocycles. The molecule has 0 amide bonds. The number of rotatable bonds is 3. The van der Waals surface area contributed by atoms with Crippen molar-refractivity contribution in [2.75, 3.05) is 18.5 Å². The van der Waals surface area contributed by atoms with Crippen LogP contribution in [0.3, 0.4) is 0 Å². The predicted molar refractivity (Wildman–Crippen MR) is 74.3 cm³/mol. The minimum absolute atomic E-state index is 0.145. The Bertz CT molecular complexity index is 590. The number of aromatic nitrogens is 2. The van der Waals surface area contributed by atoms with Crippen molar-refractivity contribution in [3.05, 3.63) is 16.7 Å². The van der Waals surface area contributed by atoms with Gasteiger partial charge in [0.15, 0.2) is 5.69 Å². The van der Waals surface area contributed by atoms with Gasteiger partial charge < -0.3 is 19.9 Å². The predicted octanol–water partition coefficient (Wildman–Crippen LogP) is -0.250. The van der Waals surface area contributed by atoms with Crippen LogP contribution in [0.5, 0.6) is 5.88 Å². The molecule has 21 heavy (non-hydrogen) atoms. The molecule has 2 rings (SSSR count). The van der Waals surface area contributed by atoms with E-state index < -0.39 is 17.1 Å². The number of hydrogen-bond acceptors (Lipinski definition) is 7. The molecule has 2 heterocycles. The second-order valence-electron chi connectivity index (χ2n) is 5.78. The molecule has 0 saturated carbocycles. The van der Waals surface area contributed by atoms with E-state index in [4.69, 9.17) is 14.6 Å². The molecule has 8 nitrogen and oxygen atoms in total. The van der Waals surface area contributed by atoms with E-state index in [-0.39, 0.29) is 37.4 Å². The Balaban J connectivity index is 2.19. The average Bonchev–Trinajstić information content (AvgIpc) is 2.39. The lowest BCUT2D eigenvalue weighted by molar-refractivity contribution is -0.155. The Labute approximate surface area is 121 Å². The SMILES string of the molecule is CC(C)(C)OC(=O)Cn1cnc2c(c1=O)N[C@H](CO)CO2. The molecule has 0 saturated heterocycles. The molecule has 1 aliphatic rings. The van der Waals surface area contributed by atoms with Crippen molar-refractivity contribution < 1.29 is 19.4 Å². The minimum Gasteiger partial charge on any atom is -0.474 e. The summed E-state index contributed by atoms with van der Waals surface area (Å²) in [6, 6.07) is -0.371. The van der Waals surface area contributed by atoms with Crippen LogP contribution < -0.4 is 15.6 Å². The largest absolute Gasteiger partial charge is 0.474 e. The molecule has 0 unspecified atom stereocenters. The van der Waals surface area contributed by atoms with Crippen LogP contribution in [0.2, 0.25) is 0 Å². The van der Waals surface area contributed by atoms with E-state index in [0.717, 1.165) is 4.57 Å². The molecule has 8 heteroatoms. The summed E-state index contributed by atoms with van der Waals surface area (Å²) >= 11 is 0. The number of ether oxygens (including phenoxy) is 2. The number of esters is 1. The third kappa shape index (κ3) is 3.72. The summed E-state index contributed by atoms with van der Waals surface area (Å²) in [5.74, 6) is -0.355. The van der Waals surface area contributed by atoms with Crippen molar-refractivity contribution >= 4 is 11.7 Å². The molecular formula is C13H19N3O5. The third-order valence-corrected chi connectivity index (χ3v) is 2.71. The van der Waals surface area contributed by atoms with Crippen LogP contribution in [0.4, 0.5) is 5.69 Å². The van der Waals surface area contributed by atoms with Crippen LogP contribution in [-0.2, 0) is 16.1 Å². The Hall–Kier alpha value is -2.09. The summed E-state index contributed by atoms with van der Waals surface area (Å²) in [4.78, 5) is 28.0. The normalized spacial score (nSPS) is 17.4. The van der Waals surface area contributed by atoms with Gasteiger partial charge in [-0.05, 0) is 20.8 Å². The summed E-state index contributed by atoms with van der Waals surface area (Å²) in [6.45, 7) is 5.08. The maximum atomic E-state index is 12.3.